The Bertz CT molecular complexity index is 1610. The number of benzene rings is 2. The van der Waals surface area contributed by atoms with Gasteiger partial charge in [-0.25, -0.2) is 29.1 Å². The van der Waals surface area contributed by atoms with Crippen LogP contribution >= 0.6 is 0 Å². The first-order valence-electron chi connectivity index (χ1n) is 12.1. The molecule has 0 radical (unpaired) electrons. The van der Waals surface area contributed by atoms with Gasteiger partial charge in [-0.2, -0.15) is 0 Å². The minimum Gasteiger partial charge on any atom is -0.478 e. The van der Waals surface area contributed by atoms with E-state index in [1.165, 1.54) is 12.4 Å². The number of rotatable bonds is 6. The molecule has 0 saturated carbocycles. The molecule has 11 heteroatoms. The summed E-state index contributed by atoms with van der Waals surface area (Å²) in [6.07, 6.45) is 6.07. The van der Waals surface area contributed by atoms with E-state index in [-0.39, 0.29) is 11.7 Å². The van der Waals surface area contributed by atoms with Crippen LogP contribution in [-0.4, -0.2) is 46.8 Å². The first kappa shape index (κ1) is 23.0. The Hall–Kier alpha value is -4.38. The van der Waals surface area contributed by atoms with E-state index in [1.54, 1.807) is 10.9 Å². The van der Waals surface area contributed by atoms with E-state index < -0.39 is 23.4 Å². The summed E-state index contributed by atoms with van der Waals surface area (Å²) in [5.74, 6) is -1.18. The number of hydrogen-bond donors (Lipinski definition) is 2. The Morgan fingerprint density at radius 1 is 1.16 bits per heavy atom. The SMILES string of the molecule is C[C@H](Nc1ncnc2c1ncn2C1CCCCO1)c1nc2ccc(F)c(C(=O)O)c2n1-c1ccccc1. The molecule has 5 aromatic rings. The van der Waals surface area contributed by atoms with Crippen molar-refractivity contribution in [1.82, 2.24) is 29.1 Å². The highest BCUT2D eigenvalue weighted by atomic mass is 19.1. The van der Waals surface area contributed by atoms with E-state index in [9.17, 15) is 14.3 Å². The first-order chi connectivity index (χ1) is 18.0. The molecule has 3 aromatic heterocycles. The zero-order chi connectivity index (χ0) is 25.5. The van der Waals surface area contributed by atoms with Crippen LogP contribution in [0.2, 0.25) is 0 Å². The summed E-state index contributed by atoms with van der Waals surface area (Å²) in [6, 6.07) is 11.3. The van der Waals surface area contributed by atoms with E-state index >= 15 is 0 Å². The van der Waals surface area contributed by atoms with Crippen LogP contribution in [0.3, 0.4) is 0 Å². The number of para-hydroxylation sites is 1. The molecular formula is C26H24FN7O3. The van der Waals surface area contributed by atoms with Gasteiger partial charge in [0, 0.05) is 12.3 Å². The normalized spacial score (nSPS) is 16.8. The molecule has 2 aromatic carbocycles. The quantitative estimate of drug-likeness (QED) is 0.338. The Balaban J connectivity index is 1.45. The van der Waals surface area contributed by atoms with Gasteiger partial charge in [-0.3, -0.25) is 9.13 Å². The number of aromatic nitrogens is 6. The van der Waals surface area contributed by atoms with Gasteiger partial charge in [-0.15, -0.1) is 0 Å². The number of nitrogens with one attached hydrogen (secondary N) is 1. The fraction of sp³-hybridized carbons (Fsp3) is 0.269. The van der Waals surface area contributed by atoms with Crippen molar-refractivity contribution >= 4 is 34.0 Å². The number of anilines is 1. The molecule has 0 aliphatic carbocycles. The van der Waals surface area contributed by atoms with Crippen LogP contribution in [-0.2, 0) is 4.74 Å². The summed E-state index contributed by atoms with van der Waals surface area (Å²) in [4.78, 5) is 30.2. The van der Waals surface area contributed by atoms with E-state index in [1.807, 2.05) is 41.8 Å². The molecule has 1 fully saturated rings. The Morgan fingerprint density at radius 3 is 2.76 bits per heavy atom. The number of aromatic carboxylic acids is 1. The minimum atomic E-state index is -1.36. The van der Waals surface area contributed by atoms with Gasteiger partial charge in [0.1, 0.15) is 29.8 Å². The highest BCUT2D eigenvalue weighted by molar-refractivity contribution is 6.02. The van der Waals surface area contributed by atoms with Crippen molar-refractivity contribution in [2.75, 3.05) is 11.9 Å². The number of carbonyl (C=O) groups is 1. The summed E-state index contributed by atoms with van der Waals surface area (Å²) >= 11 is 0. The van der Waals surface area contributed by atoms with Crippen LogP contribution < -0.4 is 5.32 Å². The summed E-state index contributed by atoms with van der Waals surface area (Å²) in [7, 11) is 0. The summed E-state index contributed by atoms with van der Waals surface area (Å²) in [5, 5.41) is 13.2. The molecule has 0 bridgehead atoms. The minimum absolute atomic E-state index is 0.120. The van der Waals surface area contributed by atoms with Gasteiger partial charge in [-0.1, -0.05) is 18.2 Å². The molecule has 0 amide bonds. The zero-order valence-electron chi connectivity index (χ0n) is 20.0. The molecule has 0 spiro atoms. The maximum atomic E-state index is 14.7. The number of halogens is 1. The average molecular weight is 502 g/mol. The maximum Gasteiger partial charge on any atom is 0.340 e. The molecule has 4 heterocycles. The lowest BCUT2D eigenvalue weighted by Gasteiger charge is -2.23. The van der Waals surface area contributed by atoms with Crippen molar-refractivity contribution in [2.45, 2.75) is 38.5 Å². The van der Waals surface area contributed by atoms with Gasteiger partial charge < -0.3 is 15.2 Å². The lowest BCUT2D eigenvalue weighted by molar-refractivity contribution is -0.0298. The van der Waals surface area contributed by atoms with Gasteiger partial charge in [-0.05, 0) is 50.5 Å². The number of ether oxygens (including phenoxy) is 1. The lowest BCUT2D eigenvalue weighted by atomic mass is 10.1. The van der Waals surface area contributed by atoms with Gasteiger partial charge >= 0.3 is 5.97 Å². The molecular weight excluding hydrogens is 477 g/mol. The van der Waals surface area contributed by atoms with Gasteiger partial charge in [0.05, 0.1) is 23.4 Å². The number of hydrogen-bond acceptors (Lipinski definition) is 7. The van der Waals surface area contributed by atoms with E-state index in [4.69, 9.17) is 9.72 Å². The Kier molecular flexibility index (Phi) is 5.76. The van der Waals surface area contributed by atoms with Gasteiger partial charge in [0.25, 0.3) is 0 Å². The molecule has 10 nitrogen and oxygen atoms in total. The van der Waals surface area contributed by atoms with Crippen molar-refractivity contribution in [3.8, 4) is 5.69 Å². The third-order valence-corrected chi connectivity index (χ3v) is 6.59. The van der Waals surface area contributed by atoms with Crippen LogP contribution in [0, 0.1) is 5.82 Å². The number of carboxylic acid groups (broad SMARTS) is 1. The number of imidazole rings is 2. The number of nitrogens with zero attached hydrogens (tertiary/aromatic N) is 6. The molecule has 188 valence electrons. The molecule has 1 aliphatic heterocycles. The third-order valence-electron chi connectivity index (χ3n) is 6.59. The predicted octanol–water partition coefficient (Wildman–Crippen LogP) is 4.87. The van der Waals surface area contributed by atoms with Crippen LogP contribution in [0.15, 0.2) is 55.1 Å². The fourth-order valence-corrected chi connectivity index (χ4v) is 4.87. The second-order valence-corrected chi connectivity index (χ2v) is 8.97. The van der Waals surface area contributed by atoms with Crippen LogP contribution in [0.5, 0.6) is 0 Å². The summed E-state index contributed by atoms with van der Waals surface area (Å²) in [6.45, 7) is 2.58. The summed E-state index contributed by atoms with van der Waals surface area (Å²) < 4.78 is 24.2. The largest absolute Gasteiger partial charge is 0.478 e. The van der Waals surface area contributed by atoms with Crippen molar-refractivity contribution in [2.24, 2.45) is 0 Å². The van der Waals surface area contributed by atoms with Crippen LogP contribution in [0.25, 0.3) is 27.9 Å². The van der Waals surface area contributed by atoms with Crippen molar-refractivity contribution in [3.05, 3.63) is 72.3 Å². The monoisotopic (exact) mass is 501 g/mol. The van der Waals surface area contributed by atoms with Crippen molar-refractivity contribution < 1.29 is 19.0 Å². The highest BCUT2D eigenvalue weighted by Gasteiger charge is 2.26. The van der Waals surface area contributed by atoms with Gasteiger partial charge in [0.15, 0.2) is 17.0 Å². The first-order valence-corrected chi connectivity index (χ1v) is 12.1. The Labute approximate surface area is 210 Å². The molecule has 37 heavy (non-hydrogen) atoms. The average Bonchev–Trinajstić information content (AvgIpc) is 3.52. The lowest BCUT2D eigenvalue weighted by Crippen LogP contribution is -2.18. The number of fused-ring (bicyclic) bond motifs is 2. The second-order valence-electron chi connectivity index (χ2n) is 8.97. The smallest absolute Gasteiger partial charge is 0.340 e. The van der Waals surface area contributed by atoms with Gasteiger partial charge in [0.2, 0.25) is 0 Å². The molecule has 2 N–H and O–H groups in total. The maximum absolute atomic E-state index is 14.7. The second kappa shape index (κ2) is 9.25. The topological polar surface area (TPSA) is 120 Å². The Morgan fingerprint density at radius 2 is 2.00 bits per heavy atom. The van der Waals surface area contributed by atoms with Crippen LogP contribution in [0.4, 0.5) is 10.2 Å². The van der Waals surface area contributed by atoms with Crippen LogP contribution in [0.1, 0.15) is 54.6 Å². The number of carboxylic acids is 1. The molecule has 6 rings (SSSR count). The van der Waals surface area contributed by atoms with E-state index in [0.717, 1.165) is 25.3 Å². The predicted molar refractivity (Wildman–Crippen MR) is 134 cm³/mol. The van der Waals surface area contributed by atoms with E-state index in [0.29, 0.717) is 40.6 Å². The fourth-order valence-electron chi connectivity index (χ4n) is 4.87. The van der Waals surface area contributed by atoms with Crippen molar-refractivity contribution in [1.29, 1.82) is 0 Å². The molecule has 1 unspecified atom stereocenters. The summed E-state index contributed by atoms with van der Waals surface area (Å²) in [5.41, 5.74) is 2.04. The van der Waals surface area contributed by atoms with Crippen molar-refractivity contribution in [3.63, 3.8) is 0 Å². The standard InChI is InChI=1S/C26H24FN7O3/c1-15(31-23-21-25(29-13-28-23)33(14-30-21)19-9-5-6-12-37-19)24-32-18-11-10-17(27)20(26(35)36)22(18)34(24)16-7-3-2-4-8-16/h2-4,7-8,10-11,13-15,19H,5-6,9,12H2,1H3,(H,35,36)(H,28,29,31)/t15-,19?/m0/s1. The van der Waals surface area contributed by atoms with E-state index in [2.05, 4.69) is 20.3 Å². The molecule has 1 saturated heterocycles. The zero-order valence-corrected chi connectivity index (χ0v) is 20.0. The molecule has 1 aliphatic rings. The third kappa shape index (κ3) is 3.97. The molecule has 2 atom stereocenters. The highest BCUT2D eigenvalue weighted by Crippen LogP contribution is 2.32.